The molecule has 1 amide bonds. The van der Waals surface area contributed by atoms with Gasteiger partial charge in [0.2, 0.25) is 0 Å². The number of rotatable bonds is 9. The van der Waals surface area contributed by atoms with Crippen LogP contribution in [0.15, 0.2) is 66.2 Å². The number of hydrogen-bond acceptors (Lipinski definition) is 5. The lowest BCUT2D eigenvalue weighted by Gasteiger charge is -2.17. The zero-order chi connectivity index (χ0) is 25.5. The van der Waals surface area contributed by atoms with Crippen molar-refractivity contribution in [3.63, 3.8) is 0 Å². The van der Waals surface area contributed by atoms with E-state index in [1.807, 2.05) is 63.2 Å². The Morgan fingerprint density at radius 3 is 2.47 bits per heavy atom. The molecule has 0 aromatic heterocycles. The molecule has 36 heavy (non-hydrogen) atoms. The molecule has 1 aliphatic heterocycles. The van der Waals surface area contributed by atoms with E-state index >= 15 is 0 Å². The Balaban J connectivity index is 1.44. The Bertz CT molecular complexity index is 1300. The lowest BCUT2D eigenvalue weighted by Crippen LogP contribution is -2.29. The van der Waals surface area contributed by atoms with Crippen molar-refractivity contribution in [2.75, 3.05) is 31.3 Å². The van der Waals surface area contributed by atoms with E-state index in [1.165, 1.54) is 0 Å². The third-order valence-corrected chi connectivity index (χ3v) is 5.87. The summed E-state index contributed by atoms with van der Waals surface area (Å²) in [5.41, 5.74) is 5.05. The first kappa shape index (κ1) is 24.9. The van der Waals surface area contributed by atoms with Crippen LogP contribution in [0.4, 0.5) is 5.69 Å². The van der Waals surface area contributed by atoms with Crippen LogP contribution in [0.2, 0.25) is 0 Å². The summed E-state index contributed by atoms with van der Waals surface area (Å²) in [6.07, 6.45) is 2.38. The van der Waals surface area contributed by atoms with Crippen LogP contribution in [-0.2, 0) is 11.2 Å². The summed E-state index contributed by atoms with van der Waals surface area (Å²) >= 11 is 0. The molecule has 0 saturated heterocycles. The number of para-hydroxylation sites is 1. The van der Waals surface area contributed by atoms with E-state index in [0.29, 0.717) is 43.4 Å². The summed E-state index contributed by atoms with van der Waals surface area (Å²) in [6.45, 7) is 7.73. The van der Waals surface area contributed by atoms with Gasteiger partial charge in [-0.1, -0.05) is 30.3 Å². The van der Waals surface area contributed by atoms with Crippen LogP contribution in [0, 0.1) is 25.2 Å². The number of amides is 1. The Morgan fingerprint density at radius 2 is 1.72 bits per heavy atom. The quantitative estimate of drug-likeness (QED) is 0.224. The summed E-state index contributed by atoms with van der Waals surface area (Å²) in [5.74, 6) is 1.64. The van der Waals surface area contributed by atoms with Gasteiger partial charge in [0.15, 0.2) is 11.5 Å². The van der Waals surface area contributed by atoms with Gasteiger partial charge in [-0.3, -0.25) is 4.79 Å². The van der Waals surface area contributed by atoms with Crippen LogP contribution in [0.25, 0.3) is 6.08 Å². The van der Waals surface area contributed by atoms with E-state index in [-0.39, 0.29) is 11.5 Å². The van der Waals surface area contributed by atoms with Gasteiger partial charge in [0.05, 0.1) is 6.61 Å². The highest BCUT2D eigenvalue weighted by molar-refractivity contribution is 6.12. The van der Waals surface area contributed by atoms with Crippen molar-refractivity contribution >= 4 is 17.7 Å². The van der Waals surface area contributed by atoms with Crippen molar-refractivity contribution in [2.45, 2.75) is 27.2 Å². The van der Waals surface area contributed by atoms with Gasteiger partial charge < -0.3 is 19.1 Å². The topological polar surface area (TPSA) is 71.8 Å². The molecule has 0 aliphatic carbocycles. The normalized spacial score (nSPS) is 12.6. The Kier molecular flexibility index (Phi) is 7.92. The minimum atomic E-state index is -0.302. The molecule has 3 aromatic carbocycles. The first-order valence-electron chi connectivity index (χ1n) is 12.1. The number of aryl methyl sites for hydroxylation is 2. The number of fused-ring (bicyclic) bond motifs is 1. The van der Waals surface area contributed by atoms with Crippen LogP contribution in [-0.4, -0.2) is 32.3 Å². The maximum atomic E-state index is 13.1. The number of carbonyl (C=O) groups excluding carboxylic acids is 1. The van der Waals surface area contributed by atoms with E-state index in [1.54, 1.807) is 23.1 Å². The van der Waals surface area contributed by atoms with Gasteiger partial charge in [0.25, 0.3) is 5.91 Å². The summed E-state index contributed by atoms with van der Waals surface area (Å²) in [7, 11) is 0. The van der Waals surface area contributed by atoms with E-state index in [4.69, 9.17) is 14.2 Å². The molecule has 6 nitrogen and oxygen atoms in total. The minimum Gasteiger partial charge on any atom is -0.490 e. The highest BCUT2D eigenvalue weighted by Crippen LogP contribution is 2.31. The van der Waals surface area contributed by atoms with Crippen LogP contribution in [0.5, 0.6) is 17.2 Å². The highest BCUT2D eigenvalue weighted by atomic mass is 16.5. The lowest BCUT2D eigenvalue weighted by atomic mass is 10.1. The number of carbonyl (C=O) groups is 1. The van der Waals surface area contributed by atoms with E-state index in [0.717, 1.165) is 34.5 Å². The van der Waals surface area contributed by atoms with Gasteiger partial charge in [-0.05, 0) is 85.9 Å². The molecule has 184 valence electrons. The van der Waals surface area contributed by atoms with Crippen molar-refractivity contribution in [3.05, 3.63) is 88.5 Å². The van der Waals surface area contributed by atoms with Gasteiger partial charge in [-0.2, -0.15) is 5.26 Å². The Morgan fingerprint density at radius 1 is 0.972 bits per heavy atom. The second kappa shape index (κ2) is 11.5. The number of ether oxygens (including phenoxy) is 3. The fourth-order valence-corrected chi connectivity index (χ4v) is 4.33. The molecular formula is C30H30N2O4. The molecule has 1 aliphatic rings. The summed E-state index contributed by atoms with van der Waals surface area (Å²) in [4.78, 5) is 14.8. The second-order valence-corrected chi connectivity index (χ2v) is 8.66. The van der Waals surface area contributed by atoms with Crippen molar-refractivity contribution in [1.82, 2.24) is 0 Å². The molecule has 0 N–H and O–H groups in total. The molecule has 0 fully saturated rings. The number of nitriles is 1. The molecule has 0 bridgehead atoms. The molecule has 0 atom stereocenters. The minimum absolute atomic E-state index is 0.0738. The number of nitrogens with zero attached hydrogens (tertiary/aromatic N) is 2. The third kappa shape index (κ3) is 5.87. The smallest absolute Gasteiger partial charge is 0.268 e. The van der Waals surface area contributed by atoms with Crippen molar-refractivity contribution in [2.24, 2.45) is 0 Å². The standard InChI is InChI=1S/C30H30N2O4/c1-4-34-29-19-23(9-10-28(29)36-14-13-35-26-16-21(2)15-22(3)17-26)18-25(20-31)30(33)32-12-11-24-7-5-6-8-27(24)32/h5-10,15-19H,4,11-14H2,1-3H3. The molecule has 6 heteroatoms. The highest BCUT2D eigenvalue weighted by Gasteiger charge is 2.26. The van der Waals surface area contributed by atoms with Gasteiger partial charge in [-0.25, -0.2) is 0 Å². The predicted molar refractivity (Wildman–Crippen MR) is 141 cm³/mol. The first-order valence-corrected chi connectivity index (χ1v) is 12.1. The third-order valence-electron chi connectivity index (χ3n) is 5.87. The first-order chi connectivity index (χ1) is 17.5. The van der Waals surface area contributed by atoms with Crippen molar-refractivity contribution in [3.8, 4) is 23.3 Å². The molecule has 4 rings (SSSR count). The fraction of sp³-hybridized carbons (Fsp3) is 0.267. The largest absolute Gasteiger partial charge is 0.490 e. The maximum Gasteiger partial charge on any atom is 0.268 e. The SMILES string of the molecule is CCOc1cc(C=C(C#N)C(=O)N2CCc3ccccc32)ccc1OCCOc1cc(C)cc(C)c1. The van der Waals surface area contributed by atoms with Gasteiger partial charge in [0.1, 0.15) is 30.6 Å². The van der Waals surface area contributed by atoms with E-state index < -0.39 is 0 Å². The van der Waals surface area contributed by atoms with E-state index in [9.17, 15) is 10.1 Å². The Labute approximate surface area is 212 Å². The number of anilines is 1. The maximum absolute atomic E-state index is 13.1. The second-order valence-electron chi connectivity index (χ2n) is 8.66. The molecule has 0 radical (unpaired) electrons. The van der Waals surface area contributed by atoms with Gasteiger partial charge >= 0.3 is 0 Å². The van der Waals surface area contributed by atoms with E-state index in [2.05, 4.69) is 12.1 Å². The van der Waals surface area contributed by atoms with Gasteiger partial charge in [0, 0.05) is 12.2 Å². The average molecular weight is 483 g/mol. The molecule has 0 unspecified atom stereocenters. The Hall–Kier alpha value is -4.24. The molecule has 1 heterocycles. The predicted octanol–water partition coefficient (Wildman–Crippen LogP) is 5.66. The van der Waals surface area contributed by atoms with Crippen molar-refractivity contribution < 1.29 is 19.0 Å². The van der Waals surface area contributed by atoms with Gasteiger partial charge in [-0.15, -0.1) is 0 Å². The number of hydrogen-bond donors (Lipinski definition) is 0. The van der Waals surface area contributed by atoms with Crippen LogP contribution >= 0.6 is 0 Å². The summed E-state index contributed by atoms with van der Waals surface area (Å²) in [5, 5.41) is 9.73. The molecule has 0 spiro atoms. The zero-order valence-electron chi connectivity index (χ0n) is 20.9. The van der Waals surface area contributed by atoms with Crippen LogP contribution in [0.1, 0.15) is 29.2 Å². The summed E-state index contributed by atoms with van der Waals surface area (Å²) < 4.78 is 17.5. The average Bonchev–Trinajstić information content (AvgIpc) is 3.29. The zero-order valence-corrected chi connectivity index (χ0v) is 20.9. The molecule has 0 saturated carbocycles. The number of benzene rings is 3. The van der Waals surface area contributed by atoms with Crippen LogP contribution in [0.3, 0.4) is 0 Å². The molecular weight excluding hydrogens is 452 g/mol. The lowest BCUT2D eigenvalue weighted by molar-refractivity contribution is -0.114. The van der Waals surface area contributed by atoms with Crippen LogP contribution < -0.4 is 19.1 Å². The fourth-order valence-electron chi connectivity index (χ4n) is 4.33. The monoisotopic (exact) mass is 482 g/mol. The van der Waals surface area contributed by atoms with Crippen molar-refractivity contribution in [1.29, 1.82) is 5.26 Å². The molecule has 3 aromatic rings. The summed E-state index contributed by atoms with van der Waals surface area (Å²) in [6, 6.07) is 21.3.